The number of aryl methyl sites for hydroxylation is 1. The summed E-state index contributed by atoms with van der Waals surface area (Å²) in [4.78, 5) is 21.0. The van der Waals surface area contributed by atoms with Gasteiger partial charge >= 0.3 is 0 Å². The highest BCUT2D eigenvalue weighted by Gasteiger charge is 2.14. The van der Waals surface area contributed by atoms with E-state index in [2.05, 4.69) is 21.2 Å². The summed E-state index contributed by atoms with van der Waals surface area (Å²) in [5.41, 5.74) is 2.62. The number of hydrogen-bond donors (Lipinski definition) is 3. The van der Waals surface area contributed by atoms with Gasteiger partial charge < -0.3 is 15.2 Å². The summed E-state index contributed by atoms with van der Waals surface area (Å²) in [6.45, 7) is -0.130. The fraction of sp³-hybridized carbons (Fsp3) is 0.174. The lowest BCUT2D eigenvalue weighted by molar-refractivity contribution is -0.118. The number of nitrogens with one attached hydrogen (secondary N) is 1. The van der Waals surface area contributed by atoms with Gasteiger partial charge in [0.15, 0.2) is 6.61 Å². The van der Waals surface area contributed by atoms with E-state index in [1.165, 1.54) is 6.20 Å². The van der Waals surface area contributed by atoms with E-state index in [0.29, 0.717) is 29.2 Å². The molecule has 0 atom stereocenters. The Bertz CT molecular complexity index is 1070. The van der Waals surface area contributed by atoms with E-state index in [1.54, 1.807) is 24.3 Å². The van der Waals surface area contributed by atoms with E-state index in [0.717, 1.165) is 10.6 Å². The van der Waals surface area contributed by atoms with E-state index in [-0.39, 0.29) is 31.5 Å². The Labute approximate surface area is 180 Å². The molecule has 1 heterocycles. The second-order valence-corrected chi connectivity index (χ2v) is 6.63. The van der Waals surface area contributed by atoms with Crippen LogP contribution in [0.2, 0.25) is 0 Å². The van der Waals surface area contributed by atoms with Crippen molar-refractivity contribution in [1.82, 2.24) is 9.97 Å². The molecule has 0 saturated carbocycles. The lowest BCUT2D eigenvalue weighted by atomic mass is 10.1. The minimum absolute atomic E-state index is 0.0911. The van der Waals surface area contributed by atoms with Gasteiger partial charge in [0, 0.05) is 24.4 Å². The van der Waals surface area contributed by atoms with Crippen LogP contribution in [0.4, 0.5) is 17.3 Å². The van der Waals surface area contributed by atoms with Crippen molar-refractivity contribution in [2.45, 2.75) is 19.4 Å². The van der Waals surface area contributed by atoms with Crippen molar-refractivity contribution in [3.63, 3.8) is 0 Å². The number of ether oxygens (including phenoxy) is 1. The van der Waals surface area contributed by atoms with Crippen LogP contribution in [0.3, 0.4) is 0 Å². The van der Waals surface area contributed by atoms with Gasteiger partial charge in [-0.05, 0) is 35.7 Å². The molecule has 0 aliphatic heterocycles. The quantitative estimate of drug-likeness (QED) is 0.212. The number of aliphatic hydroxyl groups is 1. The fourth-order valence-corrected chi connectivity index (χ4v) is 2.86. The molecule has 3 rings (SSSR count). The Hall–Kier alpha value is -3.93. The van der Waals surface area contributed by atoms with Gasteiger partial charge in [-0.25, -0.2) is 15.8 Å². The zero-order valence-corrected chi connectivity index (χ0v) is 16.9. The maximum Gasteiger partial charge on any atom is 0.241 e. The fourth-order valence-electron chi connectivity index (χ4n) is 2.86. The zero-order valence-electron chi connectivity index (χ0n) is 16.9. The topological polar surface area (TPSA) is 114 Å². The molecule has 0 spiro atoms. The number of amides is 1. The number of aromatic nitrogens is 2. The third-order valence-corrected chi connectivity index (χ3v) is 4.37. The molecule has 31 heavy (non-hydrogen) atoms. The number of aliphatic hydroxyl groups excluding tert-OH is 1. The van der Waals surface area contributed by atoms with Crippen molar-refractivity contribution >= 4 is 23.2 Å². The Morgan fingerprint density at radius 2 is 2.00 bits per heavy atom. The molecule has 0 unspecified atom stereocenters. The smallest absolute Gasteiger partial charge is 0.241 e. The SMILES string of the molecule is C#CCOc1ccnc(Nc2cc(CO)cc(N(N)C(=O)CCc3ccccc3)c2)n1. The van der Waals surface area contributed by atoms with Crippen LogP contribution in [0.15, 0.2) is 60.8 Å². The Morgan fingerprint density at radius 3 is 2.74 bits per heavy atom. The third-order valence-electron chi connectivity index (χ3n) is 4.37. The molecule has 8 heteroatoms. The maximum absolute atomic E-state index is 12.6. The van der Waals surface area contributed by atoms with Crippen molar-refractivity contribution in [1.29, 1.82) is 0 Å². The third kappa shape index (κ3) is 6.27. The summed E-state index contributed by atoms with van der Waals surface area (Å²) in [5.74, 6) is 8.79. The molecule has 0 aliphatic rings. The maximum atomic E-state index is 12.6. The first kappa shape index (κ1) is 21.8. The summed E-state index contributed by atoms with van der Waals surface area (Å²) in [6.07, 6.45) is 7.55. The average Bonchev–Trinajstić information content (AvgIpc) is 2.81. The first-order valence-corrected chi connectivity index (χ1v) is 9.62. The van der Waals surface area contributed by atoms with Crippen molar-refractivity contribution in [3.8, 4) is 18.2 Å². The molecule has 8 nitrogen and oxygen atoms in total. The normalized spacial score (nSPS) is 10.2. The summed E-state index contributed by atoms with van der Waals surface area (Å²) < 4.78 is 5.30. The van der Waals surface area contributed by atoms with Gasteiger partial charge in [0.25, 0.3) is 0 Å². The summed E-state index contributed by atoms with van der Waals surface area (Å²) in [6, 6.07) is 16.3. The highest BCUT2D eigenvalue weighted by molar-refractivity contribution is 5.93. The first-order chi connectivity index (χ1) is 15.1. The second kappa shape index (κ2) is 10.7. The van der Waals surface area contributed by atoms with Crippen LogP contribution in [0.1, 0.15) is 17.5 Å². The second-order valence-electron chi connectivity index (χ2n) is 6.63. The molecule has 1 aromatic heterocycles. The monoisotopic (exact) mass is 417 g/mol. The van der Waals surface area contributed by atoms with E-state index >= 15 is 0 Å². The van der Waals surface area contributed by atoms with Crippen LogP contribution in [0.25, 0.3) is 0 Å². The molecule has 0 saturated heterocycles. The van der Waals surface area contributed by atoms with Gasteiger partial charge in [-0.3, -0.25) is 4.79 Å². The van der Waals surface area contributed by atoms with Gasteiger partial charge in [-0.1, -0.05) is 36.3 Å². The minimum atomic E-state index is -0.245. The lowest BCUT2D eigenvalue weighted by Crippen LogP contribution is -2.37. The Balaban J connectivity index is 1.73. The highest BCUT2D eigenvalue weighted by atomic mass is 16.5. The lowest BCUT2D eigenvalue weighted by Gasteiger charge is -2.19. The number of carbonyl (C=O) groups excluding carboxylic acids is 1. The highest BCUT2D eigenvalue weighted by Crippen LogP contribution is 2.24. The van der Waals surface area contributed by atoms with E-state index < -0.39 is 0 Å². The van der Waals surface area contributed by atoms with Gasteiger partial charge in [-0.2, -0.15) is 4.98 Å². The van der Waals surface area contributed by atoms with Crippen LogP contribution in [0.5, 0.6) is 5.88 Å². The molecule has 1 amide bonds. The number of carbonyl (C=O) groups is 1. The molecule has 0 fully saturated rings. The standard InChI is InChI=1S/C23H23N5O3/c1-2-12-31-21-10-11-25-23(27-21)26-19-13-18(16-29)14-20(15-19)28(24)22(30)9-8-17-6-4-3-5-7-17/h1,3-7,10-11,13-15,29H,8-9,12,16,24H2,(H,25,26,27). The van der Waals surface area contributed by atoms with Crippen molar-refractivity contribution in [2.24, 2.45) is 5.84 Å². The summed E-state index contributed by atoms with van der Waals surface area (Å²) in [5, 5.41) is 13.7. The first-order valence-electron chi connectivity index (χ1n) is 9.62. The van der Waals surface area contributed by atoms with Gasteiger partial charge in [0.05, 0.1) is 12.3 Å². The largest absolute Gasteiger partial charge is 0.464 e. The molecule has 2 aromatic carbocycles. The van der Waals surface area contributed by atoms with Crippen LogP contribution in [-0.4, -0.2) is 27.6 Å². The minimum Gasteiger partial charge on any atom is -0.464 e. The van der Waals surface area contributed by atoms with Crippen LogP contribution in [-0.2, 0) is 17.8 Å². The molecule has 0 aliphatic carbocycles. The molecule has 0 bridgehead atoms. The van der Waals surface area contributed by atoms with Crippen LogP contribution >= 0.6 is 0 Å². The van der Waals surface area contributed by atoms with Crippen molar-refractivity contribution in [2.75, 3.05) is 16.9 Å². The number of hydrazine groups is 1. The van der Waals surface area contributed by atoms with Crippen LogP contribution in [0, 0.1) is 12.3 Å². The molecular weight excluding hydrogens is 394 g/mol. The van der Waals surface area contributed by atoms with Crippen molar-refractivity contribution < 1.29 is 14.6 Å². The zero-order chi connectivity index (χ0) is 22.1. The number of nitrogens with two attached hydrogens (primary N) is 1. The van der Waals surface area contributed by atoms with Gasteiger partial charge in [0.2, 0.25) is 17.7 Å². The van der Waals surface area contributed by atoms with E-state index in [4.69, 9.17) is 17.0 Å². The van der Waals surface area contributed by atoms with Gasteiger partial charge in [-0.15, -0.1) is 6.42 Å². The number of benzene rings is 2. The molecule has 4 N–H and O–H groups in total. The average molecular weight is 417 g/mol. The summed E-state index contributed by atoms with van der Waals surface area (Å²) >= 11 is 0. The van der Waals surface area contributed by atoms with E-state index in [9.17, 15) is 9.90 Å². The summed E-state index contributed by atoms with van der Waals surface area (Å²) in [7, 11) is 0. The molecule has 158 valence electrons. The molecule has 3 aromatic rings. The Morgan fingerprint density at radius 1 is 1.19 bits per heavy atom. The number of terminal acetylenes is 1. The Kier molecular flexibility index (Phi) is 7.54. The molecular formula is C23H23N5O3. The molecule has 0 radical (unpaired) electrons. The van der Waals surface area contributed by atoms with Gasteiger partial charge in [0.1, 0.15) is 0 Å². The van der Waals surface area contributed by atoms with E-state index in [1.807, 2.05) is 30.3 Å². The predicted octanol–water partition coefficient (Wildman–Crippen LogP) is 2.56. The number of rotatable bonds is 9. The predicted molar refractivity (Wildman–Crippen MR) is 118 cm³/mol. The van der Waals surface area contributed by atoms with Crippen LogP contribution < -0.4 is 20.9 Å². The number of nitrogens with zero attached hydrogens (tertiary/aromatic N) is 3. The van der Waals surface area contributed by atoms with Crippen molar-refractivity contribution in [3.05, 3.63) is 71.9 Å². The number of hydrogen-bond acceptors (Lipinski definition) is 7. The number of anilines is 3.